The van der Waals surface area contributed by atoms with Crippen molar-refractivity contribution in [2.45, 2.75) is 57.5 Å². The normalized spacial score (nSPS) is 17.1. The number of hydrogen-bond donors (Lipinski definition) is 1. The second-order valence-electron chi connectivity index (χ2n) is 6.87. The van der Waals surface area contributed by atoms with Crippen LogP contribution < -0.4 is 5.73 Å². The van der Waals surface area contributed by atoms with E-state index >= 15 is 0 Å². The van der Waals surface area contributed by atoms with Crippen LogP contribution in [0, 0.1) is 0 Å². The zero-order valence-electron chi connectivity index (χ0n) is 12.3. The van der Waals surface area contributed by atoms with Crippen molar-refractivity contribution in [2.24, 2.45) is 5.73 Å². The van der Waals surface area contributed by atoms with Crippen molar-refractivity contribution in [1.82, 2.24) is 9.55 Å². The van der Waals surface area contributed by atoms with Crippen molar-refractivity contribution in [2.75, 3.05) is 0 Å². The molecule has 1 heterocycles. The van der Waals surface area contributed by atoms with Crippen LogP contribution in [-0.2, 0) is 5.41 Å². The maximum Gasteiger partial charge on any atom is 0.117 e. The van der Waals surface area contributed by atoms with Gasteiger partial charge in [-0.05, 0) is 38.8 Å². The molecule has 2 aromatic rings. The summed E-state index contributed by atoms with van der Waals surface area (Å²) < 4.78 is 2.42. The van der Waals surface area contributed by atoms with Crippen LogP contribution in [0.3, 0.4) is 0 Å². The highest BCUT2D eigenvalue weighted by Crippen LogP contribution is 2.43. The predicted molar refractivity (Wildman–Crippen MR) is 79.3 cm³/mol. The van der Waals surface area contributed by atoms with E-state index in [1.165, 1.54) is 18.4 Å². The number of nitrogens with two attached hydrogens (primary N) is 1. The Morgan fingerprint density at radius 1 is 1.16 bits per heavy atom. The first-order valence-electron chi connectivity index (χ1n) is 7.09. The lowest BCUT2D eigenvalue weighted by Gasteiger charge is -2.38. The second kappa shape index (κ2) is 3.83. The molecule has 1 fully saturated rings. The summed E-state index contributed by atoms with van der Waals surface area (Å²) in [7, 11) is 0. The number of aromatic nitrogens is 2. The van der Waals surface area contributed by atoms with Crippen LogP contribution in [0.5, 0.6) is 0 Å². The fourth-order valence-corrected chi connectivity index (χ4v) is 2.48. The third-order valence-electron chi connectivity index (χ3n) is 4.68. The third kappa shape index (κ3) is 1.88. The van der Waals surface area contributed by atoms with Crippen molar-refractivity contribution >= 4 is 11.0 Å². The summed E-state index contributed by atoms with van der Waals surface area (Å²) in [5.74, 6) is 1.13. The van der Waals surface area contributed by atoms with Crippen molar-refractivity contribution in [3.63, 3.8) is 0 Å². The fourth-order valence-electron chi connectivity index (χ4n) is 2.48. The van der Waals surface area contributed by atoms with Gasteiger partial charge in [-0.2, -0.15) is 0 Å². The highest BCUT2D eigenvalue weighted by molar-refractivity contribution is 5.76. The molecule has 0 radical (unpaired) electrons. The molecule has 0 aliphatic heterocycles. The van der Waals surface area contributed by atoms with E-state index in [2.05, 4.69) is 56.5 Å². The molecule has 1 aromatic carbocycles. The molecule has 1 aliphatic rings. The zero-order chi connectivity index (χ0) is 13.8. The maximum absolute atomic E-state index is 6.40. The Morgan fingerprint density at radius 2 is 1.79 bits per heavy atom. The number of hydrogen-bond acceptors (Lipinski definition) is 2. The Hall–Kier alpha value is -1.35. The Bertz CT molecular complexity index is 612. The van der Waals surface area contributed by atoms with Crippen LogP contribution in [0.1, 0.15) is 52.4 Å². The molecule has 3 heteroatoms. The standard InChI is InChI=1S/C16H23N3/c1-15(2,16(3,4)17)14-18-12-7-5-6-8-13(12)19(14)11-9-10-11/h5-8,11H,9-10,17H2,1-4H3. The van der Waals surface area contributed by atoms with Crippen LogP contribution in [0.4, 0.5) is 0 Å². The maximum atomic E-state index is 6.40. The number of imidazole rings is 1. The average molecular weight is 257 g/mol. The van der Waals surface area contributed by atoms with E-state index in [1.807, 2.05) is 0 Å². The smallest absolute Gasteiger partial charge is 0.117 e. The number of benzene rings is 1. The van der Waals surface area contributed by atoms with E-state index in [-0.39, 0.29) is 11.0 Å². The fraction of sp³-hybridized carbons (Fsp3) is 0.562. The van der Waals surface area contributed by atoms with Crippen molar-refractivity contribution in [1.29, 1.82) is 0 Å². The molecular weight excluding hydrogens is 234 g/mol. The summed E-state index contributed by atoms with van der Waals surface area (Å²) in [6.07, 6.45) is 2.52. The lowest BCUT2D eigenvalue weighted by Crippen LogP contribution is -2.51. The topological polar surface area (TPSA) is 43.8 Å². The van der Waals surface area contributed by atoms with E-state index < -0.39 is 0 Å². The summed E-state index contributed by atoms with van der Waals surface area (Å²) in [5, 5.41) is 0. The molecule has 1 aromatic heterocycles. The van der Waals surface area contributed by atoms with Gasteiger partial charge in [-0.1, -0.05) is 26.0 Å². The van der Waals surface area contributed by atoms with Gasteiger partial charge in [0, 0.05) is 17.0 Å². The summed E-state index contributed by atoms with van der Waals surface area (Å²) in [6.45, 7) is 8.58. The molecule has 102 valence electrons. The molecule has 0 amide bonds. The number of nitrogens with zero attached hydrogens (tertiary/aromatic N) is 2. The highest BCUT2D eigenvalue weighted by Gasteiger charge is 2.41. The quantitative estimate of drug-likeness (QED) is 0.916. The van der Waals surface area contributed by atoms with Crippen molar-refractivity contribution < 1.29 is 0 Å². The summed E-state index contributed by atoms with van der Waals surface area (Å²) in [4.78, 5) is 4.90. The van der Waals surface area contributed by atoms with Crippen molar-refractivity contribution in [3.05, 3.63) is 30.1 Å². The molecule has 2 N–H and O–H groups in total. The monoisotopic (exact) mass is 257 g/mol. The van der Waals surface area contributed by atoms with Gasteiger partial charge in [0.15, 0.2) is 0 Å². The first-order valence-corrected chi connectivity index (χ1v) is 7.09. The molecule has 1 aliphatic carbocycles. The molecule has 0 bridgehead atoms. The number of rotatable bonds is 3. The van der Waals surface area contributed by atoms with E-state index in [4.69, 9.17) is 10.7 Å². The number of fused-ring (bicyclic) bond motifs is 1. The zero-order valence-corrected chi connectivity index (χ0v) is 12.3. The number of para-hydroxylation sites is 2. The van der Waals surface area contributed by atoms with Crippen LogP contribution in [0.15, 0.2) is 24.3 Å². The second-order valence-corrected chi connectivity index (χ2v) is 6.87. The van der Waals surface area contributed by atoms with E-state index in [1.54, 1.807) is 0 Å². The lowest BCUT2D eigenvalue weighted by molar-refractivity contribution is 0.283. The average Bonchev–Trinajstić information content (AvgIpc) is 3.07. The lowest BCUT2D eigenvalue weighted by atomic mass is 9.74. The van der Waals surface area contributed by atoms with Crippen LogP contribution in [-0.4, -0.2) is 15.1 Å². The van der Waals surface area contributed by atoms with Crippen LogP contribution in [0.25, 0.3) is 11.0 Å². The third-order valence-corrected chi connectivity index (χ3v) is 4.68. The van der Waals surface area contributed by atoms with E-state index in [0.717, 1.165) is 11.3 Å². The SMILES string of the molecule is CC(C)(N)C(C)(C)c1nc2ccccc2n1C1CC1. The Kier molecular flexibility index (Phi) is 2.55. The first kappa shape index (κ1) is 12.7. The summed E-state index contributed by atoms with van der Waals surface area (Å²) in [6, 6.07) is 9.02. The molecule has 3 nitrogen and oxygen atoms in total. The van der Waals surface area contributed by atoms with Gasteiger partial charge < -0.3 is 10.3 Å². The summed E-state index contributed by atoms with van der Waals surface area (Å²) in [5.41, 5.74) is 8.27. The van der Waals surface area contributed by atoms with Gasteiger partial charge in [0.2, 0.25) is 0 Å². The largest absolute Gasteiger partial charge is 0.325 e. The van der Waals surface area contributed by atoms with Gasteiger partial charge in [-0.3, -0.25) is 0 Å². The molecule has 0 saturated heterocycles. The van der Waals surface area contributed by atoms with Gasteiger partial charge in [0.25, 0.3) is 0 Å². The Morgan fingerprint density at radius 3 is 2.37 bits per heavy atom. The molecule has 0 atom stereocenters. The van der Waals surface area contributed by atoms with E-state index in [9.17, 15) is 0 Å². The Balaban J connectivity index is 2.26. The van der Waals surface area contributed by atoms with Crippen molar-refractivity contribution in [3.8, 4) is 0 Å². The molecular formula is C16H23N3. The highest BCUT2D eigenvalue weighted by atomic mass is 15.1. The molecule has 19 heavy (non-hydrogen) atoms. The van der Waals surface area contributed by atoms with Gasteiger partial charge in [-0.25, -0.2) is 4.98 Å². The first-order chi connectivity index (χ1) is 8.82. The van der Waals surface area contributed by atoms with Crippen LogP contribution >= 0.6 is 0 Å². The summed E-state index contributed by atoms with van der Waals surface area (Å²) >= 11 is 0. The Labute approximate surface area is 114 Å². The molecule has 0 spiro atoms. The van der Waals surface area contributed by atoms with Gasteiger partial charge in [0.05, 0.1) is 11.0 Å². The van der Waals surface area contributed by atoms with E-state index in [0.29, 0.717) is 6.04 Å². The molecule has 1 saturated carbocycles. The van der Waals surface area contributed by atoms with Gasteiger partial charge in [-0.15, -0.1) is 0 Å². The predicted octanol–water partition coefficient (Wildman–Crippen LogP) is 3.39. The van der Waals surface area contributed by atoms with Gasteiger partial charge in [0.1, 0.15) is 5.82 Å². The minimum atomic E-state index is -0.305. The minimum Gasteiger partial charge on any atom is -0.325 e. The van der Waals surface area contributed by atoms with Crippen LogP contribution in [0.2, 0.25) is 0 Å². The molecule has 0 unspecified atom stereocenters. The van der Waals surface area contributed by atoms with Gasteiger partial charge >= 0.3 is 0 Å². The minimum absolute atomic E-state index is 0.158. The molecule has 3 rings (SSSR count).